The standard InChI is InChI=1S/C19H26N4O/c1-6-11-20-17(24)16-12-13(2)21-18(23-16)22-15-9-7-14(8-10-15)19(3,4)5/h7-10,12H,6,11H2,1-5H3,(H,20,24)(H,21,22,23). The summed E-state index contributed by atoms with van der Waals surface area (Å²) in [5.74, 6) is 0.258. The van der Waals surface area contributed by atoms with E-state index in [9.17, 15) is 4.79 Å². The molecule has 1 aromatic heterocycles. The van der Waals surface area contributed by atoms with Gasteiger partial charge in [-0.3, -0.25) is 4.79 Å². The highest BCUT2D eigenvalue weighted by atomic mass is 16.1. The molecule has 0 bridgehead atoms. The van der Waals surface area contributed by atoms with Crippen LogP contribution in [0.5, 0.6) is 0 Å². The van der Waals surface area contributed by atoms with E-state index in [1.807, 2.05) is 26.0 Å². The van der Waals surface area contributed by atoms with E-state index in [0.717, 1.165) is 17.8 Å². The summed E-state index contributed by atoms with van der Waals surface area (Å²) in [4.78, 5) is 20.8. The summed E-state index contributed by atoms with van der Waals surface area (Å²) in [7, 11) is 0. The first-order valence-corrected chi connectivity index (χ1v) is 8.31. The zero-order valence-corrected chi connectivity index (χ0v) is 15.1. The van der Waals surface area contributed by atoms with Crippen LogP contribution in [0.2, 0.25) is 0 Å². The van der Waals surface area contributed by atoms with Crippen LogP contribution in [0.1, 0.15) is 55.9 Å². The molecule has 24 heavy (non-hydrogen) atoms. The number of carbonyl (C=O) groups is 1. The number of benzene rings is 1. The number of nitrogens with one attached hydrogen (secondary N) is 2. The van der Waals surface area contributed by atoms with Gasteiger partial charge >= 0.3 is 0 Å². The molecule has 5 nitrogen and oxygen atoms in total. The fraction of sp³-hybridized carbons (Fsp3) is 0.421. The average molecular weight is 326 g/mol. The monoisotopic (exact) mass is 326 g/mol. The van der Waals surface area contributed by atoms with Crippen LogP contribution in [0.3, 0.4) is 0 Å². The van der Waals surface area contributed by atoms with Crippen LogP contribution in [0.15, 0.2) is 30.3 Å². The van der Waals surface area contributed by atoms with E-state index in [4.69, 9.17) is 0 Å². The van der Waals surface area contributed by atoms with Crippen LogP contribution in [0, 0.1) is 6.92 Å². The van der Waals surface area contributed by atoms with Gasteiger partial charge in [0.25, 0.3) is 5.91 Å². The Hall–Kier alpha value is -2.43. The van der Waals surface area contributed by atoms with Crippen LogP contribution in [-0.4, -0.2) is 22.4 Å². The van der Waals surface area contributed by atoms with Crippen LogP contribution in [0.4, 0.5) is 11.6 Å². The number of nitrogens with zero attached hydrogens (tertiary/aromatic N) is 2. The molecule has 128 valence electrons. The fourth-order valence-electron chi connectivity index (χ4n) is 2.25. The largest absolute Gasteiger partial charge is 0.351 e. The van der Waals surface area contributed by atoms with Crippen molar-refractivity contribution in [1.29, 1.82) is 0 Å². The van der Waals surface area contributed by atoms with Crippen molar-refractivity contribution >= 4 is 17.5 Å². The molecule has 0 atom stereocenters. The van der Waals surface area contributed by atoms with E-state index >= 15 is 0 Å². The first-order chi connectivity index (χ1) is 11.3. The molecule has 1 heterocycles. The molecule has 0 saturated heterocycles. The van der Waals surface area contributed by atoms with Crippen molar-refractivity contribution in [3.63, 3.8) is 0 Å². The van der Waals surface area contributed by atoms with Crippen molar-refractivity contribution < 1.29 is 4.79 Å². The van der Waals surface area contributed by atoms with Crippen LogP contribution >= 0.6 is 0 Å². The highest BCUT2D eigenvalue weighted by Crippen LogP contribution is 2.24. The molecule has 0 aliphatic carbocycles. The minimum atomic E-state index is -0.173. The van der Waals surface area contributed by atoms with Gasteiger partial charge in [0.15, 0.2) is 0 Å². The van der Waals surface area contributed by atoms with Crippen molar-refractivity contribution in [1.82, 2.24) is 15.3 Å². The van der Waals surface area contributed by atoms with E-state index < -0.39 is 0 Å². The molecular weight excluding hydrogens is 300 g/mol. The van der Waals surface area contributed by atoms with Gasteiger partial charge in [-0.2, -0.15) is 0 Å². The summed E-state index contributed by atoms with van der Waals surface area (Å²) >= 11 is 0. The molecular formula is C19H26N4O. The second-order valence-corrected chi connectivity index (χ2v) is 6.93. The van der Waals surface area contributed by atoms with Crippen LogP contribution < -0.4 is 10.6 Å². The zero-order chi connectivity index (χ0) is 17.7. The normalized spacial score (nSPS) is 11.2. The Balaban J connectivity index is 2.17. The van der Waals surface area contributed by atoms with Crippen molar-refractivity contribution in [2.45, 2.75) is 46.5 Å². The molecule has 0 aliphatic rings. The SMILES string of the molecule is CCCNC(=O)c1cc(C)nc(Nc2ccc(C(C)(C)C)cc2)n1. The van der Waals surface area contributed by atoms with Gasteiger partial charge in [0, 0.05) is 17.9 Å². The Morgan fingerprint density at radius 3 is 2.38 bits per heavy atom. The molecule has 2 N–H and O–H groups in total. The molecule has 2 aromatic rings. The fourth-order valence-corrected chi connectivity index (χ4v) is 2.25. The summed E-state index contributed by atoms with van der Waals surface area (Å²) < 4.78 is 0. The number of aromatic nitrogens is 2. The minimum Gasteiger partial charge on any atom is -0.351 e. The van der Waals surface area contributed by atoms with E-state index in [-0.39, 0.29) is 11.3 Å². The Morgan fingerprint density at radius 2 is 1.79 bits per heavy atom. The Bertz CT molecular complexity index is 702. The van der Waals surface area contributed by atoms with Gasteiger partial charge in [0.2, 0.25) is 5.95 Å². The molecule has 0 saturated carbocycles. The van der Waals surface area contributed by atoms with Crippen LogP contribution in [0.25, 0.3) is 0 Å². The second-order valence-electron chi connectivity index (χ2n) is 6.93. The Labute approximate surface area is 143 Å². The maximum absolute atomic E-state index is 12.1. The van der Waals surface area contributed by atoms with E-state index in [1.165, 1.54) is 5.56 Å². The third-order valence-corrected chi connectivity index (χ3v) is 3.63. The summed E-state index contributed by atoms with van der Waals surface area (Å²) in [5, 5.41) is 6.01. The van der Waals surface area contributed by atoms with Crippen molar-refractivity contribution in [3.05, 3.63) is 47.3 Å². The van der Waals surface area contributed by atoms with E-state index in [2.05, 4.69) is 53.5 Å². The minimum absolute atomic E-state index is 0.114. The van der Waals surface area contributed by atoms with E-state index in [0.29, 0.717) is 18.2 Å². The van der Waals surface area contributed by atoms with E-state index in [1.54, 1.807) is 6.07 Å². The molecule has 0 aliphatic heterocycles. The van der Waals surface area contributed by atoms with Gasteiger partial charge in [-0.05, 0) is 42.5 Å². The molecule has 2 rings (SSSR count). The van der Waals surface area contributed by atoms with Crippen molar-refractivity contribution in [3.8, 4) is 0 Å². The summed E-state index contributed by atoms with van der Waals surface area (Å²) in [6, 6.07) is 9.88. The first-order valence-electron chi connectivity index (χ1n) is 8.31. The quantitative estimate of drug-likeness (QED) is 0.872. The lowest BCUT2D eigenvalue weighted by Crippen LogP contribution is -2.25. The number of anilines is 2. The number of amides is 1. The molecule has 1 amide bonds. The molecule has 5 heteroatoms. The summed E-state index contributed by atoms with van der Waals surface area (Å²) in [6.07, 6.45) is 0.890. The van der Waals surface area contributed by atoms with Crippen molar-refractivity contribution in [2.75, 3.05) is 11.9 Å². The first kappa shape index (κ1) is 17.9. The summed E-state index contributed by atoms with van der Waals surface area (Å²) in [5.41, 5.74) is 3.40. The summed E-state index contributed by atoms with van der Waals surface area (Å²) in [6.45, 7) is 11.0. The maximum Gasteiger partial charge on any atom is 0.270 e. The lowest BCUT2D eigenvalue weighted by atomic mass is 9.87. The number of aryl methyl sites for hydroxylation is 1. The number of hydrogen-bond acceptors (Lipinski definition) is 4. The number of hydrogen-bond donors (Lipinski definition) is 2. The van der Waals surface area contributed by atoms with Gasteiger partial charge in [0.05, 0.1) is 0 Å². The smallest absolute Gasteiger partial charge is 0.270 e. The molecule has 1 aromatic carbocycles. The molecule has 0 radical (unpaired) electrons. The Morgan fingerprint density at radius 1 is 1.12 bits per heavy atom. The number of carbonyl (C=O) groups excluding carboxylic acids is 1. The van der Waals surface area contributed by atoms with Crippen LogP contribution in [-0.2, 0) is 5.41 Å². The second kappa shape index (κ2) is 7.43. The van der Waals surface area contributed by atoms with Crippen molar-refractivity contribution in [2.24, 2.45) is 0 Å². The van der Waals surface area contributed by atoms with Gasteiger partial charge in [-0.1, -0.05) is 39.8 Å². The lowest BCUT2D eigenvalue weighted by Gasteiger charge is -2.19. The van der Waals surface area contributed by atoms with Gasteiger partial charge in [-0.15, -0.1) is 0 Å². The van der Waals surface area contributed by atoms with Gasteiger partial charge in [0.1, 0.15) is 5.69 Å². The highest BCUT2D eigenvalue weighted by Gasteiger charge is 2.13. The third-order valence-electron chi connectivity index (χ3n) is 3.63. The average Bonchev–Trinajstić information content (AvgIpc) is 2.51. The highest BCUT2D eigenvalue weighted by molar-refractivity contribution is 5.92. The number of rotatable bonds is 5. The molecule has 0 fully saturated rings. The maximum atomic E-state index is 12.1. The molecule has 0 unspecified atom stereocenters. The zero-order valence-electron chi connectivity index (χ0n) is 15.1. The van der Waals surface area contributed by atoms with Gasteiger partial charge in [-0.25, -0.2) is 9.97 Å². The predicted octanol–water partition coefficient (Wildman–Crippen LogP) is 3.97. The third kappa shape index (κ3) is 4.78. The lowest BCUT2D eigenvalue weighted by molar-refractivity contribution is 0.0948. The molecule has 0 spiro atoms. The predicted molar refractivity (Wildman–Crippen MR) is 97.8 cm³/mol. The van der Waals surface area contributed by atoms with Gasteiger partial charge < -0.3 is 10.6 Å². The Kier molecular flexibility index (Phi) is 5.54. The topological polar surface area (TPSA) is 66.9 Å².